The Morgan fingerprint density at radius 2 is 2.06 bits per heavy atom. The van der Waals surface area contributed by atoms with E-state index in [2.05, 4.69) is 22.8 Å². The maximum absolute atomic E-state index is 13.0. The Hall–Kier alpha value is -2.15. The third-order valence-corrected chi connectivity index (χ3v) is 9.80. The van der Waals surface area contributed by atoms with Gasteiger partial charge in [-0.05, 0) is 50.2 Å². The van der Waals surface area contributed by atoms with Gasteiger partial charge in [0.25, 0.3) is 0 Å². The van der Waals surface area contributed by atoms with E-state index in [0.717, 1.165) is 63.1 Å². The highest BCUT2D eigenvalue weighted by Crippen LogP contribution is 2.75. The van der Waals surface area contributed by atoms with Gasteiger partial charge in [0, 0.05) is 24.5 Å². The normalized spacial score (nSPS) is 40.7. The zero-order valence-corrected chi connectivity index (χ0v) is 19.2. The predicted octanol–water partition coefficient (Wildman–Crippen LogP) is 3.22. The van der Waals surface area contributed by atoms with Crippen LogP contribution in [0.25, 0.3) is 0 Å². The number of benzene rings is 1. The Morgan fingerprint density at radius 3 is 2.84 bits per heavy atom. The molecule has 3 saturated heterocycles. The molecule has 6 aliphatic rings. The van der Waals surface area contributed by atoms with E-state index >= 15 is 0 Å². The first kappa shape index (κ1) is 19.3. The van der Waals surface area contributed by atoms with Crippen LogP contribution >= 0.6 is 0 Å². The summed E-state index contributed by atoms with van der Waals surface area (Å²) >= 11 is 0. The van der Waals surface area contributed by atoms with Gasteiger partial charge in [-0.25, -0.2) is 0 Å². The fourth-order valence-corrected chi connectivity index (χ4v) is 8.88. The molecule has 0 aromatic heterocycles. The van der Waals surface area contributed by atoms with Crippen LogP contribution in [-0.2, 0) is 14.9 Å². The first-order valence-corrected chi connectivity index (χ1v) is 12.2. The lowest BCUT2D eigenvalue weighted by atomic mass is 9.50. The minimum absolute atomic E-state index is 0.0160. The van der Waals surface area contributed by atoms with Crippen molar-refractivity contribution < 1.29 is 23.7 Å². The molecular formula is C25H32N2O5. The highest BCUT2D eigenvalue weighted by molar-refractivity contribution is 5.83. The van der Waals surface area contributed by atoms with Gasteiger partial charge in [-0.3, -0.25) is 9.69 Å². The molecule has 5 aliphatic heterocycles. The summed E-state index contributed by atoms with van der Waals surface area (Å²) in [5.74, 6) is 2.16. The van der Waals surface area contributed by atoms with Gasteiger partial charge in [0.05, 0.1) is 37.8 Å². The van der Waals surface area contributed by atoms with Crippen molar-refractivity contribution in [2.24, 2.45) is 5.41 Å². The molecule has 1 aromatic rings. The number of nitrogens with zero attached hydrogens (tertiary/aromatic N) is 2. The zero-order chi connectivity index (χ0) is 21.9. The van der Waals surface area contributed by atoms with Crippen LogP contribution in [-0.4, -0.2) is 62.6 Å². The third kappa shape index (κ3) is 1.79. The van der Waals surface area contributed by atoms with E-state index in [1.165, 1.54) is 5.56 Å². The average molecular weight is 441 g/mol. The number of hydrogen-bond donors (Lipinski definition) is 0. The van der Waals surface area contributed by atoms with Crippen molar-refractivity contribution >= 4 is 11.7 Å². The summed E-state index contributed by atoms with van der Waals surface area (Å²) in [5.41, 5.74) is 1.50. The van der Waals surface area contributed by atoms with Crippen molar-refractivity contribution in [1.82, 2.24) is 4.90 Å². The molecule has 0 amide bonds. The maximum atomic E-state index is 13.0. The lowest BCUT2D eigenvalue weighted by Gasteiger charge is -2.62. The monoisotopic (exact) mass is 440 g/mol. The van der Waals surface area contributed by atoms with Crippen molar-refractivity contribution in [2.75, 3.05) is 38.8 Å². The number of rotatable bonds is 3. The van der Waals surface area contributed by atoms with Crippen molar-refractivity contribution in [1.29, 1.82) is 0 Å². The van der Waals surface area contributed by atoms with Crippen LogP contribution in [0, 0.1) is 5.41 Å². The topological polar surface area (TPSA) is 60.5 Å². The van der Waals surface area contributed by atoms with E-state index in [1.807, 2.05) is 0 Å². The Bertz CT molecular complexity index is 1030. The van der Waals surface area contributed by atoms with Gasteiger partial charge in [-0.2, -0.15) is 0 Å². The summed E-state index contributed by atoms with van der Waals surface area (Å²) in [4.78, 5) is 18.2. The molecule has 0 unspecified atom stereocenters. The van der Waals surface area contributed by atoms with Crippen LogP contribution in [0.1, 0.15) is 57.4 Å². The molecule has 1 aliphatic carbocycles. The number of carbonyl (C=O) groups is 1. The fourth-order valence-electron chi connectivity index (χ4n) is 8.88. The van der Waals surface area contributed by atoms with E-state index in [9.17, 15) is 4.79 Å². The SMILES string of the molecule is CC[C@@H]1COc2c(OC)c(OC)cc3c2N1[C@H]1CC[C@]24CCCN5CC[C@]31[C@@]52OC(=O)C4. The standard InChI is InChI=1S/C25H32N2O5/c1-4-15-14-31-22-20-16(12-17(29-2)21(22)30-3)24-9-11-26-10-5-7-23(8-6-18(24)27(15)20)13-19(28)32-25(23,24)26/h12,15,18H,4-11,13-14H2,1-3H3/t15-,18+,23+,24+,25-/m1/s1. The van der Waals surface area contributed by atoms with E-state index in [1.54, 1.807) is 14.2 Å². The number of esters is 1. The number of piperidine rings is 1. The van der Waals surface area contributed by atoms with E-state index in [4.69, 9.17) is 18.9 Å². The smallest absolute Gasteiger partial charge is 0.308 e. The van der Waals surface area contributed by atoms with Crippen LogP contribution < -0.4 is 19.1 Å². The fraction of sp³-hybridized carbons (Fsp3) is 0.720. The van der Waals surface area contributed by atoms with E-state index in [-0.39, 0.29) is 16.8 Å². The quantitative estimate of drug-likeness (QED) is 0.669. The molecule has 7 nitrogen and oxygen atoms in total. The average Bonchev–Trinajstić information content (AvgIpc) is 3.41. The number of fused-ring (bicyclic) bond motifs is 1. The highest BCUT2D eigenvalue weighted by Gasteiger charge is 2.82. The van der Waals surface area contributed by atoms with Gasteiger partial charge >= 0.3 is 5.97 Å². The number of carbonyl (C=O) groups excluding carboxylic acids is 1. The molecule has 4 fully saturated rings. The predicted molar refractivity (Wildman–Crippen MR) is 118 cm³/mol. The summed E-state index contributed by atoms with van der Waals surface area (Å²) in [7, 11) is 3.37. The first-order valence-electron chi connectivity index (χ1n) is 12.2. The summed E-state index contributed by atoms with van der Waals surface area (Å²) in [6.45, 7) is 4.86. The molecule has 7 heteroatoms. The van der Waals surface area contributed by atoms with Gasteiger partial charge in [0.2, 0.25) is 5.75 Å². The number of ether oxygens (including phenoxy) is 4. The summed E-state index contributed by atoms with van der Waals surface area (Å²) < 4.78 is 24.6. The molecule has 7 rings (SSSR count). The number of anilines is 1. The van der Waals surface area contributed by atoms with Gasteiger partial charge in [-0.15, -0.1) is 0 Å². The number of hydrogen-bond acceptors (Lipinski definition) is 7. The largest absolute Gasteiger partial charge is 0.493 e. The molecule has 0 radical (unpaired) electrons. The molecule has 0 N–H and O–H groups in total. The Kier molecular flexibility index (Phi) is 3.65. The lowest BCUT2D eigenvalue weighted by molar-refractivity contribution is -0.230. The molecule has 1 saturated carbocycles. The highest BCUT2D eigenvalue weighted by atomic mass is 16.6. The molecule has 0 bridgehead atoms. The van der Waals surface area contributed by atoms with Gasteiger partial charge < -0.3 is 23.8 Å². The van der Waals surface area contributed by atoms with Crippen molar-refractivity contribution in [3.05, 3.63) is 11.6 Å². The van der Waals surface area contributed by atoms with Gasteiger partial charge in [0.15, 0.2) is 17.2 Å². The lowest BCUT2D eigenvalue weighted by Crippen LogP contribution is -2.73. The summed E-state index contributed by atoms with van der Waals surface area (Å²) in [6.07, 6.45) is 6.93. The van der Waals surface area contributed by atoms with E-state index < -0.39 is 5.72 Å². The second-order valence-electron chi connectivity index (χ2n) is 10.6. The van der Waals surface area contributed by atoms with Crippen LogP contribution in [0.4, 0.5) is 5.69 Å². The minimum atomic E-state index is -0.554. The van der Waals surface area contributed by atoms with Crippen molar-refractivity contribution in [3.8, 4) is 17.2 Å². The second-order valence-corrected chi connectivity index (χ2v) is 10.6. The Labute approximate surface area is 188 Å². The summed E-state index contributed by atoms with van der Waals surface area (Å²) in [5, 5.41) is 0. The number of methoxy groups -OCH3 is 2. The molecule has 5 atom stereocenters. The maximum Gasteiger partial charge on any atom is 0.308 e. The molecule has 1 aromatic carbocycles. The molecule has 5 heterocycles. The van der Waals surface area contributed by atoms with Crippen molar-refractivity contribution in [3.63, 3.8) is 0 Å². The minimum Gasteiger partial charge on any atom is -0.493 e. The second kappa shape index (κ2) is 6.04. The van der Waals surface area contributed by atoms with Crippen LogP contribution in [0.5, 0.6) is 17.2 Å². The third-order valence-electron chi connectivity index (χ3n) is 9.80. The van der Waals surface area contributed by atoms with Gasteiger partial charge in [0.1, 0.15) is 6.61 Å². The first-order chi connectivity index (χ1) is 15.6. The molecule has 32 heavy (non-hydrogen) atoms. The van der Waals surface area contributed by atoms with Crippen LogP contribution in [0.3, 0.4) is 0 Å². The van der Waals surface area contributed by atoms with Crippen molar-refractivity contribution in [2.45, 2.75) is 75.1 Å². The molecule has 172 valence electrons. The Balaban J connectivity index is 1.56. The molecule has 2 spiro atoms. The zero-order valence-electron chi connectivity index (χ0n) is 19.2. The van der Waals surface area contributed by atoms with Crippen LogP contribution in [0.2, 0.25) is 0 Å². The molecular weight excluding hydrogens is 408 g/mol. The summed E-state index contributed by atoms with van der Waals surface area (Å²) in [6, 6.07) is 2.78. The van der Waals surface area contributed by atoms with Gasteiger partial charge in [-0.1, -0.05) is 6.92 Å². The Morgan fingerprint density at radius 1 is 1.19 bits per heavy atom. The van der Waals surface area contributed by atoms with Crippen LogP contribution in [0.15, 0.2) is 6.07 Å². The van der Waals surface area contributed by atoms with E-state index in [0.29, 0.717) is 36.6 Å².